The Morgan fingerprint density at radius 2 is 1.89 bits per heavy atom. The van der Waals surface area contributed by atoms with E-state index >= 15 is 0 Å². The number of hydrogen-bond acceptors (Lipinski definition) is 2. The topological polar surface area (TPSA) is 45.8 Å². The first kappa shape index (κ1) is 13.4. The standard InChI is InChI=1S/C14H14F2N2O/c1-3-11-8(2)17-13(18-14(11)19)10-6-4-9(5-7-10)12(15)16/h4-7,12H,3H2,1-2H3,(H,17,18,19). The van der Waals surface area contributed by atoms with Crippen LogP contribution in [0.3, 0.4) is 0 Å². The lowest BCUT2D eigenvalue weighted by Gasteiger charge is -2.06. The fourth-order valence-electron chi connectivity index (χ4n) is 1.95. The molecular formula is C14H14F2N2O. The molecule has 1 aromatic heterocycles. The van der Waals surface area contributed by atoms with Gasteiger partial charge in [-0.05, 0) is 13.3 Å². The highest BCUT2D eigenvalue weighted by molar-refractivity contribution is 5.55. The zero-order chi connectivity index (χ0) is 14.0. The van der Waals surface area contributed by atoms with Crippen molar-refractivity contribution < 1.29 is 8.78 Å². The summed E-state index contributed by atoms with van der Waals surface area (Å²) in [5.41, 5.74) is 1.70. The number of benzene rings is 1. The summed E-state index contributed by atoms with van der Waals surface area (Å²) in [6.45, 7) is 3.65. The third kappa shape index (κ3) is 2.70. The van der Waals surface area contributed by atoms with E-state index in [1.165, 1.54) is 24.3 Å². The summed E-state index contributed by atoms with van der Waals surface area (Å²) in [5.74, 6) is 0.403. The number of aromatic nitrogens is 2. The van der Waals surface area contributed by atoms with Gasteiger partial charge in [0.15, 0.2) is 0 Å². The molecule has 5 heteroatoms. The van der Waals surface area contributed by atoms with Crippen molar-refractivity contribution in [3.8, 4) is 11.4 Å². The molecule has 2 aromatic rings. The highest BCUT2D eigenvalue weighted by atomic mass is 19.3. The van der Waals surface area contributed by atoms with Crippen molar-refractivity contribution in [2.75, 3.05) is 0 Å². The second-order valence-corrected chi connectivity index (χ2v) is 4.25. The van der Waals surface area contributed by atoms with Crippen LogP contribution in [0.5, 0.6) is 0 Å². The summed E-state index contributed by atoms with van der Waals surface area (Å²) in [5, 5.41) is 0. The smallest absolute Gasteiger partial charge is 0.263 e. The lowest BCUT2D eigenvalue weighted by molar-refractivity contribution is 0.151. The third-order valence-corrected chi connectivity index (χ3v) is 3.01. The van der Waals surface area contributed by atoms with Gasteiger partial charge in [0, 0.05) is 22.4 Å². The van der Waals surface area contributed by atoms with Crippen molar-refractivity contribution in [3.63, 3.8) is 0 Å². The number of alkyl halides is 2. The molecule has 3 nitrogen and oxygen atoms in total. The maximum Gasteiger partial charge on any atom is 0.263 e. The van der Waals surface area contributed by atoms with E-state index in [2.05, 4.69) is 9.97 Å². The maximum absolute atomic E-state index is 12.5. The van der Waals surface area contributed by atoms with E-state index in [1.54, 1.807) is 6.92 Å². The van der Waals surface area contributed by atoms with Crippen LogP contribution in [0, 0.1) is 6.92 Å². The van der Waals surface area contributed by atoms with Crippen LogP contribution >= 0.6 is 0 Å². The van der Waals surface area contributed by atoms with Gasteiger partial charge in [0.1, 0.15) is 5.82 Å². The summed E-state index contributed by atoms with van der Waals surface area (Å²) in [4.78, 5) is 18.8. The highest BCUT2D eigenvalue weighted by Gasteiger charge is 2.10. The van der Waals surface area contributed by atoms with Crippen molar-refractivity contribution >= 4 is 0 Å². The second-order valence-electron chi connectivity index (χ2n) is 4.25. The Balaban J connectivity index is 2.45. The molecule has 0 amide bonds. The Bertz CT molecular complexity index is 633. The van der Waals surface area contributed by atoms with E-state index in [0.717, 1.165) is 0 Å². The van der Waals surface area contributed by atoms with E-state index < -0.39 is 6.43 Å². The molecule has 0 aliphatic rings. The van der Waals surface area contributed by atoms with Gasteiger partial charge in [0.25, 0.3) is 12.0 Å². The maximum atomic E-state index is 12.5. The van der Waals surface area contributed by atoms with Gasteiger partial charge in [0.2, 0.25) is 0 Å². The van der Waals surface area contributed by atoms with Crippen molar-refractivity contribution in [2.45, 2.75) is 26.7 Å². The quantitative estimate of drug-likeness (QED) is 0.925. The van der Waals surface area contributed by atoms with E-state index in [9.17, 15) is 13.6 Å². The van der Waals surface area contributed by atoms with Crippen molar-refractivity contribution in [1.82, 2.24) is 9.97 Å². The van der Waals surface area contributed by atoms with E-state index in [4.69, 9.17) is 0 Å². The Labute approximate surface area is 109 Å². The van der Waals surface area contributed by atoms with Gasteiger partial charge in [-0.3, -0.25) is 4.79 Å². The molecule has 0 saturated heterocycles. The predicted molar refractivity (Wildman–Crippen MR) is 69.4 cm³/mol. The third-order valence-electron chi connectivity index (χ3n) is 3.01. The number of aromatic amines is 1. The molecule has 0 unspecified atom stereocenters. The molecule has 0 aliphatic heterocycles. The molecule has 0 saturated carbocycles. The van der Waals surface area contributed by atoms with Crippen molar-refractivity contribution in [3.05, 3.63) is 51.4 Å². The summed E-state index contributed by atoms with van der Waals surface area (Å²) in [6.07, 6.45) is -1.89. The molecule has 0 radical (unpaired) electrons. The number of hydrogen-bond donors (Lipinski definition) is 1. The predicted octanol–water partition coefficient (Wildman–Crippen LogP) is 3.25. The Kier molecular flexibility index (Phi) is 3.74. The number of nitrogens with one attached hydrogen (secondary N) is 1. The number of aryl methyl sites for hydroxylation is 1. The van der Waals surface area contributed by atoms with Gasteiger partial charge in [-0.15, -0.1) is 0 Å². The fourth-order valence-corrected chi connectivity index (χ4v) is 1.95. The first-order chi connectivity index (χ1) is 9.02. The van der Waals surface area contributed by atoms with Gasteiger partial charge < -0.3 is 4.98 Å². The molecular weight excluding hydrogens is 250 g/mol. The number of rotatable bonds is 3. The molecule has 100 valence electrons. The molecule has 0 fully saturated rings. The van der Waals surface area contributed by atoms with Gasteiger partial charge in [-0.1, -0.05) is 31.2 Å². The van der Waals surface area contributed by atoms with Crippen LogP contribution in [-0.2, 0) is 6.42 Å². The van der Waals surface area contributed by atoms with Crippen LogP contribution in [0.1, 0.15) is 30.2 Å². The lowest BCUT2D eigenvalue weighted by atomic mass is 10.1. The largest absolute Gasteiger partial charge is 0.306 e. The Hall–Kier alpha value is -2.04. The van der Waals surface area contributed by atoms with Crippen LogP contribution < -0.4 is 5.56 Å². The normalized spacial score (nSPS) is 11.0. The summed E-state index contributed by atoms with van der Waals surface area (Å²) in [7, 11) is 0. The Morgan fingerprint density at radius 1 is 1.26 bits per heavy atom. The zero-order valence-corrected chi connectivity index (χ0v) is 10.7. The number of H-pyrrole nitrogens is 1. The first-order valence-electron chi connectivity index (χ1n) is 6.01. The van der Waals surface area contributed by atoms with Crippen LogP contribution in [0.25, 0.3) is 11.4 Å². The average molecular weight is 264 g/mol. The van der Waals surface area contributed by atoms with Gasteiger partial charge in [-0.2, -0.15) is 0 Å². The monoisotopic (exact) mass is 264 g/mol. The summed E-state index contributed by atoms with van der Waals surface area (Å²) < 4.78 is 24.9. The first-order valence-corrected chi connectivity index (χ1v) is 6.01. The van der Waals surface area contributed by atoms with Crippen molar-refractivity contribution in [2.24, 2.45) is 0 Å². The molecule has 1 heterocycles. The van der Waals surface area contributed by atoms with Crippen LogP contribution in [0.2, 0.25) is 0 Å². The fraction of sp³-hybridized carbons (Fsp3) is 0.286. The minimum Gasteiger partial charge on any atom is -0.306 e. The zero-order valence-electron chi connectivity index (χ0n) is 10.7. The molecule has 0 bridgehead atoms. The van der Waals surface area contributed by atoms with Gasteiger partial charge in [-0.25, -0.2) is 13.8 Å². The highest BCUT2D eigenvalue weighted by Crippen LogP contribution is 2.22. The lowest BCUT2D eigenvalue weighted by Crippen LogP contribution is -2.16. The van der Waals surface area contributed by atoms with Gasteiger partial charge >= 0.3 is 0 Å². The molecule has 0 atom stereocenters. The Morgan fingerprint density at radius 3 is 2.37 bits per heavy atom. The van der Waals surface area contributed by atoms with E-state index in [1.807, 2.05) is 6.92 Å². The molecule has 0 spiro atoms. The number of nitrogens with zero attached hydrogens (tertiary/aromatic N) is 1. The van der Waals surface area contributed by atoms with Gasteiger partial charge in [0.05, 0.1) is 0 Å². The minimum absolute atomic E-state index is 0.0482. The van der Waals surface area contributed by atoms with E-state index in [-0.39, 0.29) is 11.1 Å². The SMILES string of the molecule is CCc1c(C)nc(-c2ccc(C(F)F)cc2)[nH]c1=O. The second kappa shape index (κ2) is 5.30. The number of halogens is 2. The molecule has 1 aromatic carbocycles. The molecule has 2 rings (SSSR count). The molecule has 0 aliphatic carbocycles. The van der Waals surface area contributed by atoms with Crippen molar-refractivity contribution in [1.29, 1.82) is 0 Å². The average Bonchev–Trinajstić information content (AvgIpc) is 2.38. The van der Waals surface area contributed by atoms with Crippen LogP contribution in [0.15, 0.2) is 29.1 Å². The molecule has 1 N–H and O–H groups in total. The van der Waals surface area contributed by atoms with Crippen LogP contribution in [-0.4, -0.2) is 9.97 Å². The molecule has 19 heavy (non-hydrogen) atoms. The van der Waals surface area contributed by atoms with E-state index in [0.29, 0.717) is 29.1 Å². The summed E-state index contributed by atoms with van der Waals surface area (Å²) >= 11 is 0. The summed E-state index contributed by atoms with van der Waals surface area (Å²) in [6, 6.07) is 5.74. The van der Waals surface area contributed by atoms with Crippen LogP contribution in [0.4, 0.5) is 8.78 Å². The minimum atomic E-state index is -2.50.